The molecule has 1 N–H and O–H groups in total. The van der Waals surface area contributed by atoms with E-state index >= 15 is 0 Å². The number of aryl methyl sites for hydroxylation is 2. The molecule has 1 unspecified atom stereocenters. The van der Waals surface area contributed by atoms with Gasteiger partial charge in [-0.05, 0) is 42.5 Å². The predicted octanol–water partition coefficient (Wildman–Crippen LogP) is 3.47. The molecule has 1 aromatic carbocycles. The van der Waals surface area contributed by atoms with Crippen LogP contribution in [0.25, 0.3) is 0 Å². The van der Waals surface area contributed by atoms with Crippen LogP contribution in [0.1, 0.15) is 36.5 Å². The lowest BCUT2D eigenvalue weighted by Crippen LogP contribution is -2.09. The zero-order valence-corrected chi connectivity index (χ0v) is 9.52. The molecule has 1 heterocycles. The fourth-order valence-corrected chi connectivity index (χ4v) is 2.51. The van der Waals surface area contributed by atoms with Crippen LogP contribution >= 0.6 is 0 Å². The zero-order valence-electron chi connectivity index (χ0n) is 9.52. The Hall–Kier alpha value is -0.980. The van der Waals surface area contributed by atoms with Gasteiger partial charge in [0, 0.05) is 18.2 Å². The molecule has 0 fully saturated rings. The van der Waals surface area contributed by atoms with E-state index in [4.69, 9.17) is 0 Å². The van der Waals surface area contributed by atoms with Crippen molar-refractivity contribution in [3.05, 3.63) is 28.8 Å². The monoisotopic (exact) mass is 189 g/mol. The molecule has 0 aromatic heterocycles. The Morgan fingerprint density at radius 3 is 2.64 bits per heavy atom. The Morgan fingerprint density at radius 2 is 2.00 bits per heavy atom. The van der Waals surface area contributed by atoms with Crippen LogP contribution in [0, 0.1) is 19.8 Å². The number of fused-ring (bicyclic) bond motifs is 1. The van der Waals surface area contributed by atoms with E-state index in [1.54, 1.807) is 5.56 Å². The molecule has 0 saturated carbocycles. The summed E-state index contributed by atoms with van der Waals surface area (Å²) in [6, 6.07) is 4.56. The summed E-state index contributed by atoms with van der Waals surface area (Å²) in [5, 5.41) is 3.51. The van der Waals surface area contributed by atoms with E-state index in [9.17, 15) is 0 Å². The van der Waals surface area contributed by atoms with Crippen LogP contribution in [0.15, 0.2) is 12.1 Å². The molecule has 14 heavy (non-hydrogen) atoms. The minimum Gasteiger partial charge on any atom is -0.384 e. The second kappa shape index (κ2) is 3.30. The molecule has 0 aliphatic carbocycles. The Balaban J connectivity index is 2.49. The van der Waals surface area contributed by atoms with E-state index in [1.807, 2.05) is 0 Å². The largest absolute Gasteiger partial charge is 0.384 e. The summed E-state index contributed by atoms with van der Waals surface area (Å²) in [6.45, 7) is 10.1. The molecule has 0 amide bonds. The van der Waals surface area contributed by atoms with E-state index in [0.29, 0.717) is 5.92 Å². The summed E-state index contributed by atoms with van der Waals surface area (Å²) in [7, 11) is 0. The van der Waals surface area contributed by atoms with Crippen molar-refractivity contribution in [3.8, 4) is 0 Å². The lowest BCUT2D eigenvalue weighted by atomic mass is 9.87. The molecular formula is C13H19N. The molecule has 1 aliphatic heterocycles. The third kappa shape index (κ3) is 1.41. The van der Waals surface area contributed by atoms with Crippen LogP contribution < -0.4 is 5.32 Å². The average molecular weight is 189 g/mol. The van der Waals surface area contributed by atoms with Crippen molar-refractivity contribution in [2.45, 2.75) is 33.6 Å². The number of anilines is 1. The SMILES string of the molecule is Cc1cc(C)c2c(c1)NCC2C(C)C. The number of hydrogen-bond acceptors (Lipinski definition) is 1. The maximum Gasteiger partial charge on any atom is 0.0381 e. The van der Waals surface area contributed by atoms with E-state index in [-0.39, 0.29) is 0 Å². The van der Waals surface area contributed by atoms with E-state index in [1.165, 1.54) is 16.8 Å². The first-order valence-electron chi connectivity index (χ1n) is 5.44. The van der Waals surface area contributed by atoms with Gasteiger partial charge in [0.1, 0.15) is 0 Å². The van der Waals surface area contributed by atoms with Gasteiger partial charge in [-0.3, -0.25) is 0 Å². The van der Waals surface area contributed by atoms with Crippen LogP contribution in [0.4, 0.5) is 5.69 Å². The average Bonchev–Trinajstić information content (AvgIpc) is 2.47. The number of hydrogen-bond donors (Lipinski definition) is 1. The van der Waals surface area contributed by atoms with E-state index in [0.717, 1.165) is 12.5 Å². The Morgan fingerprint density at radius 1 is 1.29 bits per heavy atom. The minimum absolute atomic E-state index is 0.700. The van der Waals surface area contributed by atoms with Gasteiger partial charge in [-0.25, -0.2) is 0 Å². The smallest absolute Gasteiger partial charge is 0.0381 e. The van der Waals surface area contributed by atoms with Gasteiger partial charge >= 0.3 is 0 Å². The Labute approximate surface area is 86.5 Å². The molecule has 2 rings (SSSR count). The fraction of sp³-hybridized carbons (Fsp3) is 0.538. The zero-order chi connectivity index (χ0) is 10.3. The summed E-state index contributed by atoms with van der Waals surface area (Å²) < 4.78 is 0. The standard InChI is InChI=1S/C13H19N/c1-8(2)11-7-14-12-6-9(3)5-10(4)13(11)12/h5-6,8,11,14H,7H2,1-4H3. The third-order valence-electron chi connectivity index (χ3n) is 3.22. The quantitative estimate of drug-likeness (QED) is 0.713. The first-order chi connectivity index (χ1) is 6.59. The summed E-state index contributed by atoms with van der Waals surface area (Å²) in [5.41, 5.74) is 5.72. The highest BCUT2D eigenvalue weighted by Gasteiger charge is 2.26. The second-order valence-electron chi connectivity index (χ2n) is 4.77. The molecule has 1 aliphatic rings. The molecule has 0 saturated heterocycles. The number of nitrogens with one attached hydrogen (secondary N) is 1. The molecule has 0 spiro atoms. The molecule has 1 nitrogen and oxygen atoms in total. The molecule has 0 radical (unpaired) electrons. The van der Waals surface area contributed by atoms with Crippen molar-refractivity contribution in [1.82, 2.24) is 0 Å². The summed E-state index contributed by atoms with van der Waals surface area (Å²) in [4.78, 5) is 0. The normalized spacial score (nSPS) is 19.6. The van der Waals surface area contributed by atoms with Gasteiger partial charge in [0.25, 0.3) is 0 Å². The van der Waals surface area contributed by atoms with Crippen LogP contribution in [0.3, 0.4) is 0 Å². The lowest BCUT2D eigenvalue weighted by molar-refractivity contribution is 0.531. The van der Waals surface area contributed by atoms with E-state index < -0.39 is 0 Å². The minimum atomic E-state index is 0.700. The van der Waals surface area contributed by atoms with Gasteiger partial charge in [-0.1, -0.05) is 19.9 Å². The highest BCUT2D eigenvalue weighted by Crippen LogP contribution is 2.38. The van der Waals surface area contributed by atoms with Crippen LogP contribution in [-0.4, -0.2) is 6.54 Å². The van der Waals surface area contributed by atoms with Crippen molar-refractivity contribution in [3.63, 3.8) is 0 Å². The van der Waals surface area contributed by atoms with Gasteiger partial charge in [0.2, 0.25) is 0 Å². The highest BCUT2D eigenvalue weighted by molar-refractivity contribution is 5.62. The van der Waals surface area contributed by atoms with Crippen LogP contribution in [-0.2, 0) is 0 Å². The van der Waals surface area contributed by atoms with Crippen LogP contribution in [0.5, 0.6) is 0 Å². The Bertz CT molecular complexity index is 352. The summed E-state index contributed by atoms with van der Waals surface area (Å²) in [6.07, 6.45) is 0. The van der Waals surface area contributed by atoms with Gasteiger partial charge < -0.3 is 5.32 Å². The predicted molar refractivity (Wildman–Crippen MR) is 62.0 cm³/mol. The first kappa shape index (κ1) is 9.57. The highest BCUT2D eigenvalue weighted by atomic mass is 14.9. The maximum absolute atomic E-state index is 3.51. The summed E-state index contributed by atoms with van der Waals surface area (Å²) in [5.74, 6) is 1.43. The molecule has 76 valence electrons. The van der Waals surface area contributed by atoms with Crippen molar-refractivity contribution in [2.75, 3.05) is 11.9 Å². The molecule has 1 heteroatoms. The van der Waals surface area contributed by atoms with Crippen LogP contribution in [0.2, 0.25) is 0 Å². The molecule has 1 aromatic rings. The first-order valence-corrected chi connectivity index (χ1v) is 5.44. The Kier molecular flexibility index (Phi) is 2.26. The van der Waals surface area contributed by atoms with E-state index in [2.05, 4.69) is 45.1 Å². The summed E-state index contributed by atoms with van der Waals surface area (Å²) >= 11 is 0. The van der Waals surface area contributed by atoms with Gasteiger partial charge in [0.15, 0.2) is 0 Å². The maximum atomic E-state index is 3.51. The number of benzene rings is 1. The van der Waals surface area contributed by atoms with Crippen molar-refractivity contribution in [1.29, 1.82) is 0 Å². The second-order valence-corrected chi connectivity index (χ2v) is 4.77. The van der Waals surface area contributed by atoms with Crippen molar-refractivity contribution >= 4 is 5.69 Å². The molecular weight excluding hydrogens is 170 g/mol. The molecule has 0 bridgehead atoms. The van der Waals surface area contributed by atoms with Gasteiger partial charge in [0.05, 0.1) is 0 Å². The topological polar surface area (TPSA) is 12.0 Å². The molecule has 1 atom stereocenters. The van der Waals surface area contributed by atoms with Gasteiger partial charge in [-0.2, -0.15) is 0 Å². The third-order valence-corrected chi connectivity index (χ3v) is 3.22. The fourth-order valence-electron chi connectivity index (χ4n) is 2.51. The van der Waals surface area contributed by atoms with Gasteiger partial charge in [-0.15, -0.1) is 0 Å². The lowest BCUT2D eigenvalue weighted by Gasteiger charge is -2.16. The van der Waals surface area contributed by atoms with Crippen molar-refractivity contribution < 1.29 is 0 Å². The number of rotatable bonds is 1. The van der Waals surface area contributed by atoms with Crippen molar-refractivity contribution in [2.24, 2.45) is 5.92 Å².